The normalized spacial score (nSPS) is 11.7. The van der Waals surface area contributed by atoms with E-state index in [1.807, 2.05) is 42.5 Å². The van der Waals surface area contributed by atoms with Gasteiger partial charge in [-0.1, -0.05) is 12.1 Å². The fourth-order valence-corrected chi connectivity index (χ4v) is 2.75. The second kappa shape index (κ2) is 7.38. The lowest BCUT2D eigenvalue weighted by Gasteiger charge is -2.19. The van der Waals surface area contributed by atoms with Crippen molar-refractivity contribution >= 4 is 33.8 Å². The first kappa shape index (κ1) is 15.7. The average molecular weight is 305 g/mol. The highest BCUT2D eigenvalue weighted by Gasteiger charge is 2.13. The Morgan fingerprint density at radius 1 is 1.14 bits per heavy atom. The minimum Gasteiger partial charge on any atom is -0.367 e. The van der Waals surface area contributed by atoms with Crippen LogP contribution in [0.15, 0.2) is 29.4 Å². The molecule has 0 N–H and O–H groups in total. The number of hydrogen-bond acceptors (Lipinski definition) is 5. The van der Waals surface area contributed by atoms with Gasteiger partial charge >= 0.3 is 0 Å². The molecule has 2 rings (SSSR count). The highest BCUT2D eigenvalue weighted by atomic mass is 32.1. The summed E-state index contributed by atoms with van der Waals surface area (Å²) in [6.45, 7) is 1.90. The van der Waals surface area contributed by atoms with Crippen LogP contribution in [-0.4, -0.2) is 61.8 Å². The van der Waals surface area contributed by atoms with Crippen molar-refractivity contribution < 1.29 is 0 Å². The minimum atomic E-state index is 0.857. The second-order valence-corrected chi connectivity index (χ2v) is 6.28. The van der Waals surface area contributed by atoms with Crippen LogP contribution in [0, 0.1) is 0 Å². The van der Waals surface area contributed by atoms with Crippen molar-refractivity contribution in [2.75, 3.05) is 46.3 Å². The smallest absolute Gasteiger partial charge is 0.170 e. The average Bonchev–Trinajstić information content (AvgIpc) is 2.86. The quantitative estimate of drug-likeness (QED) is 0.447. The predicted molar refractivity (Wildman–Crippen MR) is 92.3 cm³/mol. The molecule has 0 aliphatic heterocycles. The summed E-state index contributed by atoms with van der Waals surface area (Å²) in [7, 11) is 8.12. The van der Waals surface area contributed by atoms with Crippen molar-refractivity contribution in [3.63, 3.8) is 0 Å². The van der Waals surface area contributed by atoms with E-state index in [0.29, 0.717) is 0 Å². The van der Waals surface area contributed by atoms with Crippen LogP contribution < -0.4 is 5.01 Å². The van der Waals surface area contributed by atoms with Gasteiger partial charge in [-0.2, -0.15) is 9.47 Å². The Hall–Kier alpha value is -1.66. The fourth-order valence-electron chi connectivity index (χ4n) is 1.98. The molecule has 0 radical (unpaired) electrons. The molecular weight excluding hydrogens is 282 g/mol. The fraction of sp³-hybridized carbons (Fsp3) is 0.467. The van der Waals surface area contributed by atoms with Crippen molar-refractivity contribution in [3.05, 3.63) is 24.3 Å². The SMILES string of the molecule is CN(C)C=NN(CCCN(C)C)c1nsc2ccccc12. The maximum Gasteiger partial charge on any atom is 0.170 e. The van der Waals surface area contributed by atoms with Crippen LogP contribution in [-0.2, 0) is 0 Å². The third kappa shape index (κ3) is 4.41. The zero-order chi connectivity index (χ0) is 15.2. The minimum absolute atomic E-state index is 0.857. The van der Waals surface area contributed by atoms with Gasteiger partial charge in [0.15, 0.2) is 5.82 Å². The number of hydrogen-bond donors (Lipinski definition) is 0. The monoisotopic (exact) mass is 305 g/mol. The topological polar surface area (TPSA) is 35.0 Å². The van der Waals surface area contributed by atoms with E-state index in [0.717, 1.165) is 25.3 Å². The molecule has 1 aromatic heterocycles. The first-order chi connectivity index (χ1) is 10.1. The molecule has 0 saturated carbocycles. The van der Waals surface area contributed by atoms with Crippen LogP contribution >= 0.6 is 11.5 Å². The first-order valence-corrected chi connectivity index (χ1v) is 7.82. The van der Waals surface area contributed by atoms with Crippen LogP contribution in [0.1, 0.15) is 6.42 Å². The van der Waals surface area contributed by atoms with Gasteiger partial charge in [0.05, 0.1) is 4.70 Å². The molecule has 6 heteroatoms. The number of hydrazone groups is 1. The van der Waals surface area contributed by atoms with Crippen LogP contribution in [0.4, 0.5) is 5.82 Å². The van der Waals surface area contributed by atoms with Crippen LogP contribution in [0.2, 0.25) is 0 Å². The van der Waals surface area contributed by atoms with E-state index >= 15 is 0 Å². The number of nitrogens with zero attached hydrogens (tertiary/aromatic N) is 5. The number of benzene rings is 1. The molecule has 5 nitrogen and oxygen atoms in total. The van der Waals surface area contributed by atoms with E-state index in [4.69, 9.17) is 0 Å². The summed E-state index contributed by atoms with van der Waals surface area (Å²) >= 11 is 1.53. The number of fused-ring (bicyclic) bond motifs is 1. The van der Waals surface area contributed by atoms with Crippen LogP contribution in [0.25, 0.3) is 10.1 Å². The van der Waals surface area contributed by atoms with Gasteiger partial charge in [-0.05, 0) is 50.7 Å². The van der Waals surface area contributed by atoms with Gasteiger partial charge in [0.1, 0.15) is 6.34 Å². The highest BCUT2D eigenvalue weighted by molar-refractivity contribution is 7.13. The standard InChI is InChI=1S/C15H23N5S/c1-18(2)10-7-11-20(16-12-19(3)4)15-13-8-5-6-9-14(13)21-17-15/h5-6,8-9,12H,7,10-11H2,1-4H3. The molecular formula is C15H23N5S. The zero-order valence-electron chi connectivity index (χ0n) is 13.2. The summed E-state index contributed by atoms with van der Waals surface area (Å²) in [6.07, 6.45) is 2.87. The lowest BCUT2D eigenvalue weighted by Crippen LogP contribution is -2.24. The van der Waals surface area contributed by atoms with Gasteiger partial charge in [-0.15, -0.1) is 0 Å². The first-order valence-electron chi connectivity index (χ1n) is 7.05. The van der Waals surface area contributed by atoms with Crippen molar-refractivity contribution in [1.82, 2.24) is 14.2 Å². The summed E-state index contributed by atoms with van der Waals surface area (Å²) in [4.78, 5) is 4.13. The Morgan fingerprint density at radius 3 is 2.62 bits per heavy atom. The predicted octanol–water partition coefficient (Wildman–Crippen LogP) is 2.56. The third-order valence-electron chi connectivity index (χ3n) is 3.00. The highest BCUT2D eigenvalue weighted by Crippen LogP contribution is 2.29. The molecule has 0 unspecified atom stereocenters. The Bertz CT molecular complexity index is 591. The lowest BCUT2D eigenvalue weighted by atomic mass is 10.2. The maximum atomic E-state index is 4.59. The number of anilines is 1. The molecule has 1 aromatic carbocycles. The molecule has 21 heavy (non-hydrogen) atoms. The zero-order valence-corrected chi connectivity index (χ0v) is 14.0. The molecule has 2 aromatic rings. The summed E-state index contributed by atoms with van der Waals surface area (Å²) in [5.41, 5.74) is 0. The van der Waals surface area contributed by atoms with E-state index < -0.39 is 0 Å². The summed E-state index contributed by atoms with van der Waals surface area (Å²) in [6, 6.07) is 8.31. The Kier molecular flexibility index (Phi) is 5.52. The third-order valence-corrected chi connectivity index (χ3v) is 3.82. The molecule has 114 valence electrons. The molecule has 0 bridgehead atoms. The number of rotatable bonds is 7. The van der Waals surface area contributed by atoms with Gasteiger partial charge in [-0.25, -0.2) is 5.01 Å². The van der Waals surface area contributed by atoms with Crippen molar-refractivity contribution in [3.8, 4) is 0 Å². The van der Waals surface area contributed by atoms with Gasteiger partial charge in [0, 0.05) is 26.0 Å². The Morgan fingerprint density at radius 2 is 1.90 bits per heavy atom. The van der Waals surface area contributed by atoms with E-state index in [2.05, 4.69) is 40.6 Å². The van der Waals surface area contributed by atoms with Gasteiger partial charge < -0.3 is 9.80 Å². The largest absolute Gasteiger partial charge is 0.367 e. The van der Waals surface area contributed by atoms with Crippen LogP contribution in [0.3, 0.4) is 0 Å². The molecule has 0 saturated heterocycles. The van der Waals surface area contributed by atoms with E-state index in [9.17, 15) is 0 Å². The summed E-state index contributed by atoms with van der Waals surface area (Å²) in [5.74, 6) is 0.951. The molecule has 0 aliphatic carbocycles. The number of aromatic nitrogens is 1. The Balaban J connectivity index is 2.21. The summed E-state index contributed by atoms with van der Waals surface area (Å²) in [5, 5.41) is 7.74. The lowest BCUT2D eigenvalue weighted by molar-refractivity contribution is 0.400. The van der Waals surface area contributed by atoms with Crippen LogP contribution in [0.5, 0.6) is 0 Å². The molecule has 0 aliphatic rings. The molecule has 1 heterocycles. The second-order valence-electron chi connectivity index (χ2n) is 5.48. The molecule has 0 spiro atoms. The van der Waals surface area contributed by atoms with Gasteiger partial charge in [-0.3, -0.25) is 0 Å². The summed E-state index contributed by atoms with van der Waals surface area (Å²) < 4.78 is 5.79. The van der Waals surface area contributed by atoms with Gasteiger partial charge in [0.25, 0.3) is 0 Å². The van der Waals surface area contributed by atoms with Crippen molar-refractivity contribution in [2.24, 2.45) is 5.10 Å². The van der Waals surface area contributed by atoms with E-state index in [-0.39, 0.29) is 0 Å². The van der Waals surface area contributed by atoms with Crippen molar-refractivity contribution in [1.29, 1.82) is 0 Å². The Labute approximate surface area is 130 Å². The maximum absolute atomic E-state index is 4.59. The molecule has 0 amide bonds. The van der Waals surface area contributed by atoms with E-state index in [1.165, 1.54) is 21.6 Å². The molecule has 0 atom stereocenters. The van der Waals surface area contributed by atoms with Crippen molar-refractivity contribution in [2.45, 2.75) is 6.42 Å². The molecule has 0 fully saturated rings. The van der Waals surface area contributed by atoms with E-state index in [1.54, 1.807) is 0 Å². The van der Waals surface area contributed by atoms with Gasteiger partial charge in [0.2, 0.25) is 0 Å².